The molecular formula is C22H33IN6O. The molecule has 0 saturated carbocycles. The van der Waals surface area contributed by atoms with Crippen molar-refractivity contribution in [3.63, 3.8) is 0 Å². The highest BCUT2D eigenvalue weighted by atomic mass is 127. The maximum Gasteiger partial charge on any atom is 0.194 e. The van der Waals surface area contributed by atoms with E-state index in [-0.39, 0.29) is 30.0 Å². The van der Waals surface area contributed by atoms with Gasteiger partial charge in [0.05, 0.1) is 18.8 Å². The molecule has 0 amide bonds. The van der Waals surface area contributed by atoms with Crippen LogP contribution in [0.3, 0.4) is 0 Å². The van der Waals surface area contributed by atoms with Gasteiger partial charge in [-0.3, -0.25) is 9.89 Å². The molecule has 0 bridgehead atoms. The second-order valence-corrected chi connectivity index (χ2v) is 7.63. The molecule has 2 aromatic heterocycles. The Morgan fingerprint density at radius 3 is 2.53 bits per heavy atom. The van der Waals surface area contributed by atoms with Crippen molar-refractivity contribution in [2.45, 2.75) is 25.8 Å². The predicted molar refractivity (Wildman–Crippen MR) is 132 cm³/mol. The molecule has 0 aromatic carbocycles. The van der Waals surface area contributed by atoms with Gasteiger partial charge in [-0.2, -0.15) is 0 Å². The first-order chi connectivity index (χ1) is 14.3. The van der Waals surface area contributed by atoms with Gasteiger partial charge in [0.1, 0.15) is 11.6 Å². The van der Waals surface area contributed by atoms with Crippen LogP contribution >= 0.6 is 24.0 Å². The first-order valence-corrected chi connectivity index (χ1v) is 10.8. The van der Waals surface area contributed by atoms with E-state index in [1.807, 2.05) is 24.4 Å². The normalized spacial score (nSPS) is 18.9. The van der Waals surface area contributed by atoms with Crippen molar-refractivity contribution in [2.75, 3.05) is 57.3 Å². The summed E-state index contributed by atoms with van der Waals surface area (Å²) in [6, 6.07) is 10.4. The Labute approximate surface area is 196 Å². The number of aromatic nitrogens is 1. The number of aliphatic imine (C=N–C) groups is 1. The van der Waals surface area contributed by atoms with Crippen molar-refractivity contribution in [1.82, 2.24) is 20.1 Å². The van der Waals surface area contributed by atoms with E-state index in [2.05, 4.69) is 44.1 Å². The van der Waals surface area contributed by atoms with E-state index in [0.29, 0.717) is 0 Å². The molecule has 0 spiro atoms. The summed E-state index contributed by atoms with van der Waals surface area (Å²) in [6.45, 7) is 9.76. The van der Waals surface area contributed by atoms with Gasteiger partial charge in [-0.15, -0.1) is 24.0 Å². The van der Waals surface area contributed by atoms with Crippen molar-refractivity contribution >= 4 is 35.8 Å². The number of rotatable bonds is 6. The number of furan rings is 1. The minimum Gasteiger partial charge on any atom is -0.468 e. The monoisotopic (exact) mass is 524 g/mol. The van der Waals surface area contributed by atoms with Crippen LogP contribution in [-0.2, 0) is 0 Å². The van der Waals surface area contributed by atoms with Crippen LogP contribution in [0.15, 0.2) is 52.2 Å². The molecule has 0 radical (unpaired) electrons. The van der Waals surface area contributed by atoms with Crippen LogP contribution in [0.5, 0.6) is 0 Å². The summed E-state index contributed by atoms with van der Waals surface area (Å²) >= 11 is 0. The Kier molecular flexibility index (Phi) is 8.80. The van der Waals surface area contributed by atoms with Crippen molar-refractivity contribution in [2.24, 2.45) is 4.99 Å². The second-order valence-electron chi connectivity index (χ2n) is 7.63. The van der Waals surface area contributed by atoms with Gasteiger partial charge >= 0.3 is 0 Å². The molecule has 2 saturated heterocycles. The smallest absolute Gasteiger partial charge is 0.194 e. The number of hydrogen-bond acceptors (Lipinski definition) is 5. The lowest BCUT2D eigenvalue weighted by atomic mass is 10.2. The molecule has 2 fully saturated rings. The molecule has 30 heavy (non-hydrogen) atoms. The Balaban J connectivity index is 0.00000256. The summed E-state index contributed by atoms with van der Waals surface area (Å²) in [5.41, 5.74) is 0. The van der Waals surface area contributed by atoms with Crippen LogP contribution in [0, 0.1) is 0 Å². The average molecular weight is 524 g/mol. The molecular weight excluding hydrogens is 491 g/mol. The quantitative estimate of drug-likeness (QED) is 0.356. The largest absolute Gasteiger partial charge is 0.468 e. The van der Waals surface area contributed by atoms with Crippen LogP contribution in [0.4, 0.5) is 5.82 Å². The summed E-state index contributed by atoms with van der Waals surface area (Å²) < 4.78 is 5.75. The molecule has 2 aliphatic rings. The highest BCUT2D eigenvalue weighted by molar-refractivity contribution is 14.0. The Hall–Kier alpha value is -1.81. The Bertz CT molecular complexity index is 755. The van der Waals surface area contributed by atoms with Crippen LogP contribution in [0.1, 0.15) is 31.6 Å². The Morgan fingerprint density at radius 1 is 1.10 bits per heavy atom. The van der Waals surface area contributed by atoms with Crippen LogP contribution in [0.25, 0.3) is 0 Å². The third kappa shape index (κ3) is 5.66. The standard InChI is InChI=1S/C22H32N6O.HI/c1-2-23-22(28-15-13-27(14-16-28)21-9-3-4-10-24-21)25-18-19(20-8-7-17-29-20)26-11-5-6-12-26;/h3-4,7-10,17,19H,2,5-6,11-16,18H2,1H3,(H,23,25);1H. The van der Waals surface area contributed by atoms with E-state index >= 15 is 0 Å². The number of likely N-dealkylation sites (tertiary alicyclic amines) is 1. The fourth-order valence-corrected chi connectivity index (χ4v) is 4.21. The van der Waals surface area contributed by atoms with Gasteiger partial charge in [0.15, 0.2) is 5.96 Å². The number of pyridine rings is 1. The molecule has 2 aliphatic heterocycles. The summed E-state index contributed by atoms with van der Waals surface area (Å²) in [7, 11) is 0. The van der Waals surface area contributed by atoms with Gasteiger partial charge in [0.2, 0.25) is 0 Å². The molecule has 0 aliphatic carbocycles. The number of guanidine groups is 1. The maximum absolute atomic E-state index is 5.75. The molecule has 1 atom stereocenters. The predicted octanol–water partition coefficient (Wildman–Crippen LogP) is 3.22. The lowest BCUT2D eigenvalue weighted by Gasteiger charge is -2.37. The molecule has 7 nitrogen and oxygen atoms in total. The van der Waals surface area contributed by atoms with Crippen LogP contribution in [-0.4, -0.2) is 73.1 Å². The lowest BCUT2D eigenvalue weighted by Crippen LogP contribution is -2.53. The number of piperazine rings is 1. The van der Waals surface area contributed by atoms with Gasteiger partial charge in [-0.1, -0.05) is 6.07 Å². The van der Waals surface area contributed by atoms with Crippen LogP contribution in [0.2, 0.25) is 0 Å². The molecule has 1 unspecified atom stereocenters. The van der Waals surface area contributed by atoms with Gasteiger partial charge in [0, 0.05) is 38.9 Å². The highest BCUT2D eigenvalue weighted by Crippen LogP contribution is 2.26. The zero-order valence-electron chi connectivity index (χ0n) is 17.7. The third-order valence-corrected chi connectivity index (χ3v) is 5.75. The molecule has 1 N–H and O–H groups in total. The van der Waals surface area contributed by atoms with E-state index in [9.17, 15) is 0 Å². The van der Waals surface area contributed by atoms with Crippen molar-refractivity contribution in [3.05, 3.63) is 48.6 Å². The average Bonchev–Trinajstić information content (AvgIpc) is 3.49. The van der Waals surface area contributed by atoms with E-state index in [1.165, 1.54) is 12.8 Å². The zero-order valence-corrected chi connectivity index (χ0v) is 20.1. The fraction of sp³-hybridized carbons (Fsp3) is 0.545. The third-order valence-electron chi connectivity index (χ3n) is 5.75. The number of nitrogens with zero attached hydrogens (tertiary/aromatic N) is 5. The minimum absolute atomic E-state index is 0. The Morgan fingerprint density at radius 2 is 1.90 bits per heavy atom. The van der Waals surface area contributed by atoms with Gasteiger partial charge < -0.3 is 19.5 Å². The SMILES string of the molecule is CCNC(=NCC(c1ccco1)N1CCCC1)N1CCN(c2ccccn2)CC1.I. The maximum atomic E-state index is 5.75. The molecule has 4 rings (SSSR count). The second kappa shape index (κ2) is 11.5. The number of nitrogens with one attached hydrogen (secondary N) is 1. The van der Waals surface area contributed by atoms with E-state index in [4.69, 9.17) is 9.41 Å². The summed E-state index contributed by atoms with van der Waals surface area (Å²) in [4.78, 5) is 16.7. The first kappa shape index (κ1) is 22.9. The molecule has 164 valence electrons. The summed E-state index contributed by atoms with van der Waals surface area (Å²) in [5, 5.41) is 3.49. The number of hydrogen-bond donors (Lipinski definition) is 1. The van der Waals surface area contributed by atoms with Crippen molar-refractivity contribution in [1.29, 1.82) is 0 Å². The first-order valence-electron chi connectivity index (χ1n) is 10.8. The number of anilines is 1. The summed E-state index contributed by atoms with van der Waals surface area (Å²) in [5.74, 6) is 3.08. The molecule has 8 heteroatoms. The zero-order chi connectivity index (χ0) is 19.9. The minimum atomic E-state index is 0. The van der Waals surface area contributed by atoms with Gasteiger partial charge in [-0.05, 0) is 57.1 Å². The number of halogens is 1. The highest BCUT2D eigenvalue weighted by Gasteiger charge is 2.26. The summed E-state index contributed by atoms with van der Waals surface area (Å²) in [6.07, 6.45) is 6.15. The van der Waals surface area contributed by atoms with Gasteiger partial charge in [-0.25, -0.2) is 4.98 Å². The lowest BCUT2D eigenvalue weighted by molar-refractivity contribution is 0.220. The van der Waals surface area contributed by atoms with E-state index in [0.717, 1.165) is 69.9 Å². The van der Waals surface area contributed by atoms with Gasteiger partial charge in [0.25, 0.3) is 0 Å². The van der Waals surface area contributed by atoms with Crippen LogP contribution < -0.4 is 10.2 Å². The van der Waals surface area contributed by atoms with E-state index in [1.54, 1.807) is 6.26 Å². The molecule has 2 aromatic rings. The van der Waals surface area contributed by atoms with Crippen molar-refractivity contribution < 1.29 is 4.42 Å². The van der Waals surface area contributed by atoms with Crippen molar-refractivity contribution in [3.8, 4) is 0 Å². The molecule has 4 heterocycles. The topological polar surface area (TPSA) is 60.1 Å². The fourth-order valence-electron chi connectivity index (χ4n) is 4.21. The van der Waals surface area contributed by atoms with E-state index < -0.39 is 0 Å².